The molecule has 1 aromatic rings. The maximum atomic E-state index is 5.78. The number of hydrogen-bond acceptors (Lipinski definition) is 3. The molecule has 88 valence electrons. The van der Waals surface area contributed by atoms with Crippen LogP contribution in [-0.2, 0) is 6.54 Å². The molecule has 2 N–H and O–H groups in total. The highest BCUT2D eigenvalue weighted by Crippen LogP contribution is 2.40. The van der Waals surface area contributed by atoms with E-state index < -0.39 is 0 Å². The van der Waals surface area contributed by atoms with Gasteiger partial charge in [0.05, 0.1) is 17.7 Å². The topological polar surface area (TPSA) is 44.5 Å². The zero-order valence-corrected chi connectivity index (χ0v) is 11.1. The van der Waals surface area contributed by atoms with Crippen LogP contribution in [0.5, 0.6) is 11.5 Å². The molecule has 1 aromatic carbocycles. The number of fused-ring (bicyclic) bond motifs is 1. The summed E-state index contributed by atoms with van der Waals surface area (Å²) in [7, 11) is 0. The average Bonchev–Trinajstić information content (AvgIpc) is 2.38. The second-order valence-electron chi connectivity index (χ2n) is 4.85. The number of benzene rings is 1. The number of ether oxygens (including phenoxy) is 2. The summed E-state index contributed by atoms with van der Waals surface area (Å²) in [6, 6.07) is 3.92. The van der Waals surface area contributed by atoms with Gasteiger partial charge in [0.25, 0.3) is 0 Å². The Labute approximate surface area is 104 Å². The fourth-order valence-corrected chi connectivity index (χ4v) is 2.17. The Morgan fingerprint density at radius 3 is 2.69 bits per heavy atom. The van der Waals surface area contributed by atoms with Crippen LogP contribution in [0.2, 0.25) is 0 Å². The smallest absolute Gasteiger partial charge is 0.175 e. The van der Waals surface area contributed by atoms with Gasteiger partial charge in [-0.2, -0.15) is 0 Å². The van der Waals surface area contributed by atoms with Crippen molar-refractivity contribution in [1.82, 2.24) is 0 Å². The largest absolute Gasteiger partial charge is 0.489 e. The van der Waals surface area contributed by atoms with E-state index in [4.69, 9.17) is 15.2 Å². The lowest BCUT2D eigenvalue weighted by Gasteiger charge is -2.19. The Hall–Kier alpha value is -0.740. The second-order valence-corrected chi connectivity index (χ2v) is 5.70. The molecule has 0 saturated carbocycles. The number of nitrogens with two attached hydrogens (primary N) is 1. The molecule has 1 heterocycles. The first kappa shape index (κ1) is 11.7. The Morgan fingerprint density at radius 1 is 1.31 bits per heavy atom. The Bertz CT molecular complexity index is 404. The molecule has 0 radical (unpaired) electrons. The molecule has 16 heavy (non-hydrogen) atoms. The lowest BCUT2D eigenvalue weighted by Crippen LogP contribution is -2.26. The summed E-state index contributed by atoms with van der Waals surface area (Å²) in [6.07, 6.45) is 0. The quantitative estimate of drug-likeness (QED) is 0.863. The van der Waals surface area contributed by atoms with Crippen molar-refractivity contribution < 1.29 is 9.47 Å². The van der Waals surface area contributed by atoms with Crippen LogP contribution >= 0.6 is 15.9 Å². The molecule has 0 aromatic heterocycles. The third kappa shape index (κ3) is 2.33. The summed E-state index contributed by atoms with van der Waals surface area (Å²) >= 11 is 3.49. The van der Waals surface area contributed by atoms with Crippen molar-refractivity contribution in [3.63, 3.8) is 0 Å². The van der Waals surface area contributed by atoms with Crippen molar-refractivity contribution in [2.75, 3.05) is 13.2 Å². The summed E-state index contributed by atoms with van der Waals surface area (Å²) in [4.78, 5) is 0. The van der Waals surface area contributed by atoms with Crippen LogP contribution in [0.25, 0.3) is 0 Å². The van der Waals surface area contributed by atoms with Gasteiger partial charge >= 0.3 is 0 Å². The van der Waals surface area contributed by atoms with Crippen LogP contribution in [0.1, 0.15) is 19.4 Å². The van der Waals surface area contributed by atoms with E-state index in [0.29, 0.717) is 19.8 Å². The third-order valence-corrected chi connectivity index (χ3v) is 3.12. The van der Waals surface area contributed by atoms with Crippen molar-refractivity contribution in [2.24, 2.45) is 11.1 Å². The van der Waals surface area contributed by atoms with Crippen LogP contribution in [-0.4, -0.2) is 13.2 Å². The Morgan fingerprint density at radius 2 is 2.00 bits per heavy atom. The fourth-order valence-electron chi connectivity index (χ4n) is 1.57. The molecule has 0 atom stereocenters. The average molecular weight is 286 g/mol. The van der Waals surface area contributed by atoms with Crippen LogP contribution in [0.4, 0.5) is 0 Å². The minimum atomic E-state index is 0.0291. The van der Waals surface area contributed by atoms with E-state index in [0.717, 1.165) is 21.5 Å². The number of hydrogen-bond donors (Lipinski definition) is 1. The number of halogens is 1. The minimum absolute atomic E-state index is 0.0291. The standard InChI is InChI=1S/C12H16BrNO2/c1-12(2)6-15-10-4-8(5-14)3-9(13)11(10)16-7-12/h3-4H,5-7,14H2,1-2H3. The van der Waals surface area contributed by atoms with Crippen molar-refractivity contribution >= 4 is 15.9 Å². The van der Waals surface area contributed by atoms with Gasteiger partial charge in [-0.3, -0.25) is 0 Å². The molecular formula is C12H16BrNO2. The van der Waals surface area contributed by atoms with Crippen molar-refractivity contribution in [3.8, 4) is 11.5 Å². The van der Waals surface area contributed by atoms with E-state index in [2.05, 4.69) is 29.8 Å². The van der Waals surface area contributed by atoms with Gasteiger partial charge in [-0.05, 0) is 33.6 Å². The summed E-state index contributed by atoms with van der Waals surface area (Å²) in [6.45, 7) is 6.05. The predicted molar refractivity (Wildman–Crippen MR) is 66.8 cm³/mol. The van der Waals surface area contributed by atoms with E-state index >= 15 is 0 Å². The van der Waals surface area contributed by atoms with Gasteiger partial charge in [0.15, 0.2) is 11.5 Å². The molecule has 3 nitrogen and oxygen atoms in total. The molecule has 0 bridgehead atoms. The van der Waals surface area contributed by atoms with Gasteiger partial charge in [0.2, 0.25) is 0 Å². The molecule has 0 aliphatic carbocycles. The van der Waals surface area contributed by atoms with Crippen molar-refractivity contribution in [3.05, 3.63) is 22.2 Å². The third-order valence-electron chi connectivity index (χ3n) is 2.53. The van der Waals surface area contributed by atoms with Crippen LogP contribution in [0.3, 0.4) is 0 Å². The van der Waals surface area contributed by atoms with Crippen LogP contribution < -0.4 is 15.2 Å². The zero-order valence-electron chi connectivity index (χ0n) is 9.55. The SMILES string of the molecule is CC1(C)COc2cc(CN)cc(Br)c2OC1. The maximum absolute atomic E-state index is 5.78. The van der Waals surface area contributed by atoms with E-state index in [-0.39, 0.29) is 5.41 Å². The van der Waals surface area contributed by atoms with E-state index in [9.17, 15) is 0 Å². The summed E-state index contributed by atoms with van der Waals surface area (Å²) in [5.74, 6) is 1.56. The molecule has 1 aliphatic rings. The first-order chi connectivity index (χ1) is 7.52. The van der Waals surface area contributed by atoms with E-state index in [1.165, 1.54) is 0 Å². The normalized spacial score (nSPS) is 18.0. The number of rotatable bonds is 1. The molecule has 1 aliphatic heterocycles. The predicted octanol–water partition coefficient (Wildman–Crippen LogP) is 2.71. The molecule has 2 rings (SSSR count). The molecule has 0 unspecified atom stereocenters. The zero-order chi connectivity index (χ0) is 11.8. The van der Waals surface area contributed by atoms with Gasteiger partial charge in [-0.15, -0.1) is 0 Å². The van der Waals surface area contributed by atoms with E-state index in [1.54, 1.807) is 0 Å². The first-order valence-corrected chi connectivity index (χ1v) is 6.09. The van der Waals surface area contributed by atoms with E-state index in [1.807, 2.05) is 12.1 Å². The Balaban J connectivity index is 2.38. The van der Waals surface area contributed by atoms with Crippen LogP contribution in [0, 0.1) is 5.41 Å². The van der Waals surface area contributed by atoms with Gasteiger partial charge in [0.1, 0.15) is 0 Å². The fraction of sp³-hybridized carbons (Fsp3) is 0.500. The van der Waals surface area contributed by atoms with Crippen molar-refractivity contribution in [2.45, 2.75) is 20.4 Å². The van der Waals surface area contributed by atoms with Crippen LogP contribution in [0.15, 0.2) is 16.6 Å². The minimum Gasteiger partial charge on any atom is -0.489 e. The highest BCUT2D eigenvalue weighted by Gasteiger charge is 2.26. The Kier molecular flexibility index (Phi) is 3.13. The van der Waals surface area contributed by atoms with Gasteiger partial charge < -0.3 is 15.2 Å². The summed E-state index contributed by atoms with van der Waals surface area (Å²) < 4.78 is 12.5. The first-order valence-electron chi connectivity index (χ1n) is 5.30. The van der Waals surface area contributed by atoms with Gasteiger partial charge in [0, 0.05) is 12.0 Å². The van der Waals surface area contributed by atoms with Crippen molar-refractivity contribution in [1.29, 1.82) is 0 Å². The highest BCUT2D eigenvalue weighted by molar-refractivity contribution is 9.10. The summed E-state index contributed by atoms with van der Waals surface area (Å²) in [5.41, 5.74) is 6.69. The molecule has 0 amide bonds. The molecule has 0 fully saturated rings. The monoisotopic (exact) mass is 285 g/mol. The molecule has 4 heteroatoms. The molecule has 0 spiro atoms. The lowest BCUT2D eigenvalue weighted by atomic mass is 9.97. The molecule has 0 saturated heterocycles. The second kappa shape index (κ2) is 4.26. The highest BCUT2D eigenvalue weighted by atomic mass is 79.9. The van der Waals surface area contributed by atoms with Gasteiger partial charge in [-0.1, -0.05) is 13.8 Å². The van der Waals surface area contributed by atoms with Gasteiger partial charge in [-0.25, -0.2) is 0 Å². The maximum Gasteiger partial charge on any atom is 0.175 e. The summed E-state index contributed by atoms with van der Waals surface area (Å²) in [5, 5.41) is 0. The molecular weight excluding hydrogens is 270 g/mol. The lowest BCUT2D eigenvalue weighted by molar-refractivity contribution is 0.140.